The van der Waals surface area contributed by atoms with Gasteiger partial charge in [0.15, 0.2) is 0 Å². The Labute approximate surface area is 115 Å². The van der Waals surface area contributed by atoms with Crippen molar-refractivity contribution in [1.29, 1.82) is 0 Å². The van der Waals surface area contributed by atoms with Crippen LogP contribution in [0.5, 0.6) is 0 Å². The minimum atomic E-state index is -0.492. The summed E-state index contributed by atoms with van der Waals surface area (Å²) in [5.74, 6) is 0.473. The number of aromatic nitrogens is 2. The molecule has 0 bridgehead atoms. The Hall–Kier alpha value is -1.79. The topological polar surface area (TPSA) is 74.2 Å². The first-order valence-electron chi connectivity index (χ1n) is 6.44. The van der Waals surface area contributed by atoms with Crippen LogP contribution in [0.1, 0.15) is 18.4 Å². The minimum Gasteiger partial charge on any atom is -0.379 e. The molecule has 2 aromatic rings. The van der Waals surface area contributed by atoms with Crippen LogP contribution < -0.4 is 5.73 Å². The van der Waals surface area contributed by atoms with E-state index in [2.05, 4.69) is 10.1 Å². The van der Waals surface area contributed by atoms with E-state index in [0.717, 1.165) is 5.56 Å². The smallest absolute Gasteiger partial charge is 0.236 e. The first-order valence-corrected chi connectivity index (χ1v) is 6.44. The summed E-state index contributed by atoms with van der Waals surface area (Å²) in [5.41, 5.74) is 6.93. The molecule has 1 fully saturated rings. The molecule has 5 nitrogen and oxygen atoms in total. The first-order chi connectivity index (χ1) is 9.49. The summed E-state index contributed by atoms with van der Waals surface area (Å²) < 4.78 is 24.1. The van der Waals surface area contributed by atoms with E-state index in [1.807, 2.05) is 19.9 Å². The van der Waals surface area contributed by atoms with Crippen LogP contribution in [0.3, 0.4) is 0 Å². The third kappa shape index (κ3) is 2.10. The molecule has 106 valence electrons. The Morgan fingerprint density at radius 1 is 1.40 bits per heavy atom. The quantitative estimate of drug-likeness (QED) is 0.906. The molecule has 1 aromatic heterocycles. The summed E-state index contributed by atoms with van der Waals surface area (Å²) >= 11 is 0. The second-order valence-electron chi connectivity index (χ2n) is 5.48. The molecule has 2 N–H and O–H groups in total. The molecule has 0 aliphatic carbocycles. The van der Waals surface area contributed by atoms with Crippen molar-refractivity contribution in [2.24, 2.45) is 5.73 Å². The number of hydrogen-bond acceptors (Lipinski definition) is 5. The van der Waals surface area contributed by atoms with E-state index >= 15 is 0 Å². The molecule has 0 radical (unpaired) electrons. The van der Waals surface area contributed by atoms with Crippen molar-refractivity contribution in [2.75, 3.05) is 13.2 Å². The Morgan fingerprint density at radius 3 is 2.85 bits per heavy atom. The van der Waals surface area contributed by atoms with Gasteiger partial charge in [-0.05, 0) is 37.6 Å². The maximum atomic E-state index is 13.4. The normalized spacial score (nSPS) is 26.1. The molecule has 1 aliphatic heterocycles. The van der Waals surface area contributed by atoms with Crippen molar-refractivity contribution in [3.05, 3.63) is 35.5 Å². The second kappa shape index (κ2) is 4.64. The van der Waals surface area contributed by atoms with E-state index in [4.69, 9.17) is 15.0 Å². The summed E-state index contributed by atoms with van der Waals surface area (Å²) in [5, 5.41) is 3.93. The van der Waals surface area contributed by atoms with Crippen molar-refractivity contribution in [3.8, 4) is 11.4 Å². The zero-order valence-corrected chi connectivity index (χ0v) is 11.4. The molecule has 3 rings (SSSR count). The van der Waals surface area contributed by atoms with Crippen LogP contribution >= 0.6 is 0 Å². The molecule has 2 atom stereocenters. The standard InChI is InChI=1S/C14H16FN3O2/c1-8-3-9(5-10(15)4-8)12-17-13(20-18-12)14(2)7-19-6-11(14)16/h3-5,11H,6-7,16H2,1-2H3. The van der Waals surface area contributed by atoms with Gasteiger partial charge in [-0.15, -0.1) is 0 Å². The highest BCUT2D eigenvalue weighted by Crippen LogP contribution is 2.32. The number of halogens is 1. The van der Waals surface area contributed by atoms with E-state index in [1.165, 1.54) is 12.1 Å². The fourth-order valence-electron chi connectivity index (χ4n) is 2.35. The van der Waals surface area contributed by atoms with Crippen molar-refractivity contribution in [3.63, 3.8) is 0 Å². The fourth-order valence-corrected chi connectivity index (χ4v) is 2.35. The van der Waals surface area contributed by atoms with Gasteiger partial charge in [-0.2, -0.15) is 4.98 Å². The monoisotopic (exact) mass is 277 g/mol. The summed E-state index contributed by atoms with van der Waals surface area (Å²) in [6, 6.07) is 4.46. The first kappa shape index (κ1) is 13.2. The SMILES string of the molecule is Cc1cc(F)cc(-c2noc(C3(C)COCC3N)n2)c1. The van der Waals surface area contributed by atoms with Crippen molar-refractivity contribution < 1.29 is 13.7 Å². The third-order valence-corrected chi connectivity index (χ3v) is 3.73. The molecule has 1 aliphatic rings. The lowest BCUT2D eigenvalue weighted by molar-refractivity contribution is 0.169. The van der Waals surface area contributed by atoms with Crippen LogP contribution in [0.15, 0.2) is 22.7 Å². The summed E-state index contributed by atoms with van der Waals surface area (Å²) in [6.45, 7) is 4.65. The molecule has 0 saturated carbocycles. The highest BCUT2D eigenvalue weighted by Gasteiger charge is 2.44. The second-order valence-corrected chi connectivity index (χ2v) is 5.48. The highest BCUT2D eigenvalue weighted by molar-refractivity contribution is 5.55. The minimum absolute atomic E-state index is 0.190. The van der Waals surface area contributed by atoms with E-state index in [0.29, 0.717) is 30.5 Å². The van der Waals surface area contributed by atoms with E-state index in [-0.39, 0.29) is 11.9 Å². The molecule has 2 heterocycles. The number of ether oxygens (including phenoxy) is 1. The lowest BCUT2D eigenvalue weighted by atomic mass is 9.86. The van der Waals surface area contributed by atoms with Gasteiger partial charge in [-0.3, -0.25) is 0 Å². The van der Waals surface area contributed by atoms with Gasteiger partial charge < -0.3 is 15.0 Å². The highest BCUT2D eigenvalue weighted by atomic mass is 19.1. The van der Waals surface area contributed by atoms with Crippen molar-refractivity contribution in [2.45, 2.75) is 25.3 Å². The summed E-state index contributed by atoms with van der Waals surface area (Å²) in [7, 11) is 0. The van der Waals surface area contributed by atoms with E-state index < -0.39 is 5.41 Å². The number of nitrogens with two attached hydrogens (primary N) is 1. The fraction of sp³-hybridized carbons (Fsp3) is 0.429. The maximum absolute atomic E-state index is 13.4. The van der Waals surface area contributed by atoms with Crippen LogP contribution in [-0.2, 0) is 10.2 Å². The maximum Gasteiger partial charge on any atom is 0.236 e. The van der Waals surface area contributed by atoms with Gasteiger partial charge in [0.05, 0.1) is 18.6 Å². The Morgan fingerprint density at radius 2 is 2.20 bits per heavy atom. The van der Waals surface area contributed by atoms with E-state index in [9.17, 15) is 4.39 Å². The van der Waals surface area contributed by atoms with Crippen LogP contribution in [0.2, 0.25) is 0 Å². The number of nitrogens with zero attached hydrogens (tertiary/aromatic N) is 2. The van der Waals surface area contributed by atoms with E-state index in [1.54, 1.807) is 0 Å². The summed E-state index contributed by atoms with van der Waals surface area (Å²) in [6.07, 6.45) is 0. The molecule has 6 heteroatoms. The molecule has 0 spiro atoms. The zero-order valence-electron chi connectivity index (χ0n) is 11.4. The molecular formula is C14H16FN3O2. The zero-order chi connectivity index (χ0) is 14.3. The molecule has 1 saturated heterocycles. The lowest BCUT2D eigenvalue weighted by Crippen LogP contribution is -2.42. The Bertz CT molecular complexity index is 623. The number of rotatable bonds is 2. The number of aryl methyl sites for hydroxylation is 1. The van der Waals surface area contributed by atoms with Crippen LogP contribution in [-0.4, -0.2) is 29.4 Å². The summed E-state index contributed by atoms with van der Waals surface area (Å²) in [4.78, 5) is 4.36. The van der Waals surface area contributed by atoms with Gasteiger partial charge in [-0.25, -0.2) is 4.39 Å². The molecular weight excluding hydrogens is 261 g/mol. The predicted molar refractivity (Wildman–Crippen MR) is 70.6 cm³/mol. The molecule has 20 heavy (non-hydrogen) atoms. The van der Waals surface area contributed by atoms with Crippen LogP contribution in [0.4, 0.5) is 4.39 Å². The van der Waals surface area contributed by atoms with Gasteiger partial charge >= 0.3 is 0 Å². The van der Waals surface area contributed by atoms with Gasteiger partial charge in [-0.1, -0.05) is 5.16 Å². The predicted octanol–water partition coefficient (Wildman–Crippen LogP) is 1.80. The van der Waals surface area contributed by atoms with Gasteiger partial charge in [0.25, 0.3) is 0 Å². The van der Waals surface area contributed by atoms with Gasteiger partial charge in [0.1, 0.15) is 5.82 Å². The molecule has 1 aromatic carbocycles. The number of benzene rings is 1. The Kier molecular flexibility index (Phi) is 3.07. The number of hydrogen-bond donors (Lipinski definition) is 1. The van der Waals surface area contributed by atoms with Gasteiger partial charge in [0.2, 0.25) is 11.7 Å². The average Bonchev–Trinajstić information content (AvgIpc) is 2.97. The van der Waals surface area contributed by atoms with Gasteiger partial charge in [0, 0.05) is 11.6 Å². The van der Waals surface area contributed by atoms with Crippen LogP contribution in [0, 0.1) is 12.7 Å². The molecule has 2 unspecified atom stereocenters. The van der Waals surface area contributed by atoms with Crippen molar-refractivity contribution in [1.82, 2.24) is 10.1 Å². The third-order valence-electron chi connectivity index (χ3n) is 3.73. The largest absolute Gasteiger partial charge is 0.379 e. The lowest BCUT2D eigenvalue weighted by Gasteiger charge is -2.21. The van der Waals surface area contributed by atoms with Crippen molar-refractivity contribution >= 4 is 0 Å². The Balaban J connectivity index is 1.98. The molecule has 0 amide bonds. The van der Waals surface area contributed by atoms with Crippen LogP contribution in [0.25, 0.3) is 11.4 Å². The average molecular weight is 277 g/mol.